The van der Waals surface area contributed by atoms with Gasteiger partial charge in [0.25, 0.3) is 0 Å². The van der Waals surface area contributed by atoms with E-state index < -0.39 is 5.60 Å². The first-order valence-corrected chi connectivity index (χ1v) is 5.21. The molecule has 0 aromatic rings. The number of ether oxygens (including phenoxy) is 1. The monoisotopic (exact) mass is 215 g/mol. The maximum Gasteiger partial charge on any atom is 0.302 e. The zero-order valence-corrected chi connectivity index (χ0v) is 9.67. The Labute approximate surface area is 90.6 Å². The van der Waals surface area contributed by atoms with Gasteiger partial charge in [0.2, 0.25) is 0 Å². The number of carbonyl (C=O) groups is 2. The van der Waals surface area contributed by atoms with Crippen LogP contribution in [0, 0.1) is 0 Å². The van der Waals surface area contributed by atoms with Crippen LogP contribution in [0.5, 0.6) is 0 Å². The first-order valence-electron chi connectivity index (χ1n) is 5.21. The molecule has 0 atom stereocenters. The second-order valence-corrected chi connectivity index (χ2v) is 4.08. The van der Waals surface area contributed by atoms with Gasteiger partial charge in [-0.3, -0.25) is 4.79 Å². The minimum absolute atomic E-state index is 0.255. The molecule has 0 aliphatic heterocycles. The minimum atomic E-state index is -1.48. The van der Waals surface area contributed by atoms with Gasteiger partial charge in [-0.25, -0.2) is 0 Å². The molecular formula is C11H19O4-. The molecule has 0 fully saturated rings. The van der Waals surface area contributed by atoms with Crippen molar-refractivity contribution in [2.24, 2.45) is 0 Å². The molecule has 0 rings (SSSR count). The number of Topliss-reactive ketones (excluding diaryl/α,β-unsaturated/α-hetero) is 1. The minimum Gasteiger partial charge on any atom is -0.844 e. The molecule has 0 saturated carbocycles. The topological polar surface area (TPSA) is 66.4 Å². The van der Waals surface area contributed by atoms with Crippen molar-refractivity contribution >= 4 is 11.8 Å². The van der Waals surface area contributed by atoms with Crippen molar-refractivity contribution in [2.75, 3.05) is 6.61 Å². The Morgan fingerprint density at radius 2 is 1.80 bits per heavy atom. The molecule has 0 unspecified atom stereocenters. The van der Waals surface area contributed by atoms with E-state index in [1.807, 2.05) is 0 Å². The molecule has 0 saturated heterocycles. The van der Waals surface area contributed by atoms with E-state index in [9.17, 15) is 14.7 Å². The van der Waals surface area contributed by atoms with Crippen LogP contribution in [0.2, 0.25) is 0 Å². The number of hydrogen-bond donors (Lipinski definition) is 0. The molecule has 0 aromatic carbocycles. The quantitative estimate of drug-likeness (QED) is 0.466. The zero-order chi connectivity index (χ0) is 11.9. The van der Waals surface area contributed by atoms with Crippen molar-refractivity contribution in [1.29, 1.82) is 0 Å². The fourth-order valence-electron chi connectivity index (χ4n) is 1.08. The maximum atomic E-state index is 11.2. The lowest BCUT2D eigenvalue weighted by Crippen LogP contribution is -2.45. The Hall–Kier alpha value is -0.900. The molecule has 0 aliphatic carbocycles. The number of esters is 1. The summed E-state index contributed by atoms with van der Waals surface area (Å²) in [7, 11) is 0. The third-order valence-electron chi connectivity index (χ3n) is 2.03. The van der Waals surface area contributed by atoms with Crippen LogP contribution in [0.1, 0.15) is 46.5 Å². The van der Waals surface area contributed by atoms with E-state index in [1.165, 1.54) is 20.8 Å². The summed E-state index contributed by atoms with van der Waals surface area (Å²) in [6, 6.07) is 0. The van der Waals surface area contributed by atoms with Gasteiger partial charge in [-0.15, -0.1) is 0 Å². The number of ketones is 1. The van der Waals surface area contributed by atoms with Crippen LogP contribution in [-0.4, -0.2) is 24.0 Å². The highest BCUT2D eigenvalue weighted by molar-refractivity contribution is 5.85. The van der Waals surface area contributed by atoms with Gasteiger partial charge >= 0.3 is 5.97 Å². The first kappa shape index (κ1) is 14.1. The summed E-state index contributed by atoms with van der Waals surface area (Å²) in [4.78, 5) is 21.6. The Morgan fingerprint density at radius 1 is 1.20 bits per heavy atom. The highest BCUT2D eigenvalue weighted by Crippen LogP contribution is 2.07. The van der Waals surface area contributed by atoms with Crippen molar-refractivity contribution in [3.8, 4) is 0 Å². The average Bonchev–Trinajstić information content (AvgIpc) is 2.08. The van der Waals surface area contributed by atoms with Gasteiger partial charge in [-0.2, -0.15) is 0 Å². The summed E-state index contributed by atoms with van der Waals surface area (Å²) in [5.41, 5.74) is -1.48. The van der Waals surface area contributed by atoms with Crippen molar-refractivity contribution in [1.82, 2.24) is 0 Å². The molecule has 4 nitrogen and oxygen atoms in total. The second-order valence-electron chi connectivity index (χ2n) is 4.08. The Kier molecular flexibility index (Phi) is 6.17. The number of rotatable bonds is 7. The highest BCUT2D eigenvalue weighted by Gasteiger charge is 2.12. The lowest BCUT2D eigenvalue weighted by Gasteiger charge is -2.29. The van der Waals surface area contributed by atoms with Crippen molar-refractivity contribution < 1.29 is 19.4 Å². The fraction of sp³-hybridized carbons (Fsp3) is 0.818. The molecule has 0 heterocycles. The van der Waals surface area contributed by atoms with Crippen LogP contribution < -0.4 is 5.11 Å². The van der Waals surface area contributed by atoms with Gasteiger partial charge in [0.15, 0.2) is 0 Å². The SMILES string of the molecule is CC(=O)OCCCCCC(=O)C(C)(C)[O-]. The molecule has 0 amide bonds. The van der Waals surface area contributed by atoms with Crippen LogP contribution in [-0.2, 0) is 14.3 Å². The highest BCUT2D eigenvalue weighted by atomic mass is 16.5. The van der Waals surface area contributed by atoms with Crippen molar-refractivity contribution in [3.63, 3.8) is 0 Å². The van der Waals surface area contributed by atoms with Gasteiger partial charge in [0.1, 0.15) is 5.78 Å². The predicted molar refractivity (Wildman–Crippen MR) is 54.2 cm³/mol. The molecule has 0 bridgehead atoms. The van der Waals surface area contributed by atoms with Crippen LogP contribution in [0.25, 0.3) is 0 Å². The van der Waals surface area contributed by atoms with Gasteiger partial charge in [-0.05, 0) is 19.3 Å². The lowest BCUT2D eigenvalue weighted by atomic mass is 9.99. The number of hydrogen-bond acceptors (Lipinski definition) is 4. The molecule has 0 spiro atoms. The van der Waals surface area contributed by atoms with E-state index in [2.05, 4.69) is 0 Å². The van der Waals surface area contributed by atoms with E-state index in [0.29, 0.717) is 19.4 Å². The fourth-order valence-corrected chi connectivity index (χ4v) is 1.08. The summed E-state index contributed by atoms with van der Waals surface area (Å²) in [6.45, 7) is 4.52. The largest absolute Gasteiger partial charge is 0.844 e. The number of carbonyl (C=O) groups excluding carboxylic acids is 2. The summed E-state index contributed by atoms with van der Waals surface area (Å²) in [5.74, 6) is -0.540. The lowest BCUT2D eigenvalue weighted by molar-refractivity contribution is -0.445. The molecule has 88 valence electrons. The molecule has 0 aromatic heterocycles. The second kappa shape index (κ2) is 6.56. The van der Waals surface area contributed by atoms with E-state index >= 15 is 0 Å². The molecule has 15 heavy (non-hydrogen) atoms. The molecule has 0 N–H and O–H groups in total. The Morgan fingerprint density at radius 3 is 2.27 bits per heavy atom. The van der Waals surface area contributed by atoms with Crippen LogP contribution in [0.15, 0.2) is 0 Å². The Balaban J connectivity index is 3.40. The standard InChI is InChI=1S/C11H19O4/c1-9(12)15-8-6-4-5-7-10(13)11(2,3)14/h4-8H2,1-3H3/q-1. The summed E-state index contributed by atoms with van der Waals surface area (Å²) in [6.07, 6.45) is 2.55. The average molecular weight is 215 g/mol. The van der Waals surface area contributed by atoms with E-state index in [-0.39, 0.29) is 11.8 Å². The van der Waals surface area contributed by atoms with E-state index in [4.69, 9.17) is 4.74 Å². The maximum absolute atomic E-state index is 11.2. The summed E-state index contributed by atoms with van der Waals surface area (Å²) < 4.78 is 4.73. The van der Waals surface area contributed by atoms with Gasteiger partial charge in [0, 0.05) is 13.3 Å². The zero-order valence-electron chi connectivity index (χ0n) is 9.67. The molecule has 0 radical (unpaired) electrons. The summed E-state index contributed by atoms with van der Waals surface area (Å²) in [5, 5.41) is 11.2. The third kappa shape index (κ3) is 8.12. The summed E-state index contributed by atoms with van der Waals surface area (Å²) >= 11 is 0. The van der Waals surface area contributed by atoms with Gasteiger partial charge in [-0.1, -0.05) is 19.4 Å². The van der Waals surface area contributed by atoms with Crippen molar-refractivity contribution in [2.45, 2.75) is 52.1 Å². The van der Waals surface area contributed by atoms with Gasteiger partial charge in [0.05, 0.1) is 6.61 Å². The van der Waals surface area contributed by atoms with Crippen LogP contribution in [0.3, 0.4) is 0 Å². The number of unbranched alkanes of at least 4 members (excludes halogenated alkanes) is 2. The normalized spacial score (nSPS) is 11.2. The smallest absolute Gasteiger partial charge is 0.302 e. The predicted octanol–water partition coefficient (Wildman–Crippen LogP) is 0.818. The van der Waals surface area contributed by atoms with E-state index in [1.54, 1.807) is 0 Å². The van der Waals surface area contributed by atoms with Crippen LogP contribution in [0.4, 0.5) is 0 Å². The third-order valence-corrected chi connectivity index (χ3v) is 2.03. The van der Waals surface area contributed by atoms with Crippen molar-refractivity contribution in [3.05, 3.63) is 0 Å². The first-order chi connectivity index (χ1) is 6.84. The van der Waals surface area contributed by atoms with Crippen LogP contribution >= 0.6 is 0 Å². The Bertz CT molecular complexity index is 215. The van der Waals surface area contributed by atoms with E-state index in [0.717, 1.165) is 12.8 Å². The molecular weight excluding hydrogens is 196 g/mol. The molecule has 0 aliphatic rings. The molecule has 4 heteroatoms. The van der Waals surface area contributed by atoms with Gasteiger partial charge < -0.3 is 14.6 Å².